The number of hydrogen-bond acceptors (Lipinski definition) is 9. The molecule has 14 heteroatoms. The Kier molecular flexibility index (Phi) is 16.0. The van der Waals surface area contributed by atoms with Crippen molar-refractivity contribution in [2.24, 2.45) is 0 Å². The first-order chi connectivity index (χ1) is 21.5. The fourth-order valence-corrected chi connectivity index (χ4v) is 4.63. The molecular weight excluding hydrogens is 602 g/mol. The van der Waals surface area contributed by atoms with Crippen molar-refractivity contribution in [1.29, 1.82) is 0 Å². The minimum absolute atomic E-state index is 0.0547. The van der Waals surface area contributed by atoms with Gasteiger partial charge in [0.15, 0.2) is 0 Å². The van der Waals surface area contributed by atoms with Crippen LogP contribution in [0.1, 0.15) is 31.4 Å². The van der Waals surface area contributed by atoms with Gasteiger partial charge in [-0.05, 0) is 48.6 Å². The zero-order valence-corrected chi connectivity index (χ0v) is 26.4. The van der Waals surface area contributed by atoms with Gasteiger partial charge in [0.1, 0.15) is 23.9 Å². The van der Waals surface area contributed by atoms with Crippen LogP contribution in [0.4, 0.5) is 0 Å². The number of hydrogen-bond donors (Lipinski definition) is 6. The Balaban J connectivity index is 1.97. The summed E-state index contributed by atoms with van der Waals surface area (Å²) in [5.41, 5.74) is 1.44. The summed E-state index contributed by atoms with van der Waals surface area (Å²) >= 11 is 1.51. The van der Waals surface area contributed by atoms with Gasteiger partial charge in [-0.2, -0.15) is 11.8 Å². The van der Waals surface area contributed by atoms with E-state index < -0.39 is 66.7 Å². The molecule has 0 saturated carbocycles. The smallest absolute Gasteiger partial charge is 0.328 e. The lowest BCUT2D eigenvalue weighted by atomic mass is 10.0. The number of carbonyl (C=O) groups is 6. The lowest BCUT2D eigenvalue weighted by Gasteiger charge is -2.23. The largest absolute Gasteiger partial charge is 0.508 e. The highest BCUT2D eigenvalue weighted by Gasteiger charge is 2.28. The summed E-state index contributed by atoms with van der Waals surface area (Å²) in [6.45, 7) is 2.13. The van der Waals surface area contributed by atoms with Crippen LogP contribution in [0.25, 0.3) is 0 Å². The number of carbonyl (C=O) groups excluding carboxylic acids is 6. The molecule has 6 N–H and O–H groups in total. The van der Waals surface area contributed by atoms with Gasteiger partial charge in [-0.25, -0.2) is 4.79 Å². The number of thioether (sulfide) groups is 1. The molecule has 0 bridgehead atoms. The zero-order valence-electron chi connectivity index (χ0n) is 25.6. The van der Waals surface area contributed by atoms with Crippen molar-refractivity contribution in [3.63, 3.8) is 0 Å². The monoisotopic (exact) mass is 643 g/mol. The van der Waals surface area contributed by atoms with Crippen molar-refractivity contribution < 1.29 is 38.6 Å². The molecule has 5 amide bonds. The van der Waals surface area contributed by atoms with E-state index in [9.17, 15) is 33.9 Å². The van der Waals surface area contributed by atoms with E-state index in [0.29, 0.717) is 17.7 Å². The molecule has 0 fully saturated rings. The van der Waals surface area contributed by atoms with Crippen LogP contribution in [0.3, 0.4) is 0 Å². The number of amides is 5. The summed E-state index contributed by atoms with van der Waals surface area (Å²) in [6, 6.07) is 12.2. The first kappa shape index (κ1) is 36.6. The Labute approximate surface area is 266 Å². The van der Waals surface area contributed by atoms with E-state index in [-0.39, 0.29) is 25.2 Å². The minimum atomic E-state index is -1.05. The summed E-state index contributed by atoms with van der Waals surface area (Å²) < 4.78 is 5.10. The van der Waals surface area contributed by atoms with Crippen molar-refractivity contribution in [2.45, 2.75) is 51.2 Å². The zero-order chi connectivity index (χ0) is 33.2. The van der Waals surface area contributed by atoms with Crippen LogP contribution in [0.15, 0.2) is 54.6 Å². The summed E-state index contributed by atoms with van der Waals surface area (Å²) in [5.74, 6) is -2.88. The third-order valence-electron chi connectivity index (χ3n) is 6.37. The van der Waals surface area contributed by atoms with Crippen molar-refractivity contribution in [1.82, 2.24) is 26.6 Å². The first-order valence-electron chi connectivity index (χ1n) is 14.4. The maximum absolute atomic E-state index is 13.3. The molecule has 244 valence electrons. The van der Waals surface area contributed by atoms with Crippen molar-refractivity contribution in [3.8, 4) is 5.75 Å². The summed E-state index contributed by atoms with van der Waals surface area (Å²) in [7, 11) is 0. The Bertz CT molecular complexity index is 1290. The number of phenols is 1. The average molecular weight is 644 g/mol. The second kappa shape index (κ2) is 19.6. The molecule has 0 unspecified atom stereocenters. The molecule has 0 radical (unpaired) electrons. The van der Waals surface area contributed by atoms with Gasteiger partial charge in [-0.1, -0.05) is 42.5 Å². The number of phenolic OH excluding ortho intramolecular Hbond substituents is 1. The van der Waals surface area contributed by atoms with Gasteiger partial charge in [0.25, 0.3) is 0 Å². The molecule has 0 aromatic heterocycles. The summed E-state index contributed by atoms with van der Waals surface area (Å²) in [6.07, 6.45) is 2.47. The highest BCUT2D eigenvalue weighted by Crippen LogP contribution is 2.12. The molecule has 2 rings (SSSR count). The highest BCUT2D eigenvalue weighted by atomic mass is 32.2. The van der Waals surface area contributed by atoms with Gasteiger partial charge in [-0.15, -0.1) is 0 Å². The Morgan fingerprint density at radius 3 is 1.96 bits per heavy atom. The maximum Gasteiger partial charge on any atom is 0.328 e. The van der Waals surface area contributed by atoms with Crippen LogP contribution in [-0.4, -0.2) is 90.4 Å². The van der Waals surface area contributed by atoms with Crippen LogP contribution in [0.2, 0.25) is 0 Å². The van der Waals surface area contributed by atoms with E-state index >= 15 is 0 Å². The van der Waals surface area contributed by atoms with E-state index in [1.807, 2.05) is 12.3 Å². The fourth-order valence-electron chi connectivity index (χ4n) is 4.16. The molecule has 2 aromatic carbocycles. The average Bonchev–Trinajstić information content (AvgIpc) is 3.01. The van der Waals surface area contributed by atoms with Gasteiger partial charge in [0.05, 0.1) is 19.7 Å². The molecule has 3 atom stereocenters. The van der Waals surface area contributed by atoms with E-state index in [1.54, 1.807) is 43.3 Å². The summed E-state index contributed by atoms with van der Waals surface area (Å²) in [5, 5.41) is 22.1. The third-order valence-corrected chi connectivity index (χ3v) is 7.02. The highest BCUT2D eigenvalue weighted by molar-refractivity contribution is 7.98. The van der Waals surface area contributed by atoms with Crippen LogP contribution in [-0.2, 0) is 46.3 Å². The fraction of sp³-hybridized carbons (Fsp3) is 0.419. The lowest BCUT2D eigenvalue weighted by Crippen LogP contribution is -2.54. The van der Waals surface area contributed by atoms with Crippen molar-refractivity contribution in [3.05, 3.63) is 65.7 Å². The molecule has 0 aliphatic carbocycles. The Morgan fingerprint density at radius 1 is 0.756 bits per heavy atom. The molecule has 2 aromatic rings. The van der Waals surface area contributed by atoms with Crippen molar-refractivity contribution >= 4 is 47.3 Å². The molecule has 0 aliphatic heterocycles. The normalized spacial score (nSPS) is 12.5. The number of esters is 1. The van der Waals surface area contributed by atoms with E-state index in [1.165, 1.54) is 30.8 Å². The van der Waals surface area contributed by atoms with Crippen LogP contribution in [0.5, 0.6) is 5.75 Å². The predicted octanol–water partition coefficient (Wildman–Crippen LogP) is 0.200. The molecule has 45 heavy (non-hydrogen) atoms. The minimum Gasteiger partial charge on any atom is -0.508 e. The van der Waals surface area contributed by atoms with Gasteiger partial charge in [0, 0.05) is 19.8 Å². The number of benzene rings is 2. The second-order valence-electron chi connectivity index (χ2n) is 10.0. The quantitative estimate of drug-likeness (QED) is 0.123. The van der Waals surface area contributed by atoms with Gasteiger partial charge >= 0.3 is 5.97 Å². The van der Waals surface area contributed by atoms with Crippen LogP contribution < -0.4 is 26.6 Å². The van der Waals surface area contributed by atoms with Gasteiger partial charge in [0.2, 0.25) is 29.5 Å². The third kappa shape index (κ3) is 14.2. The topological polar surface area (TPSA) is 192 Å². The Morgan fingerprint density at radius 2 is 1.36 bits per heavy atom. The lowest BCUT2D eigenvalue weighted by molar-refractivity contribution is -0.147. The van der Waals surface area contributed by atoms with Gasteiger partial charge < -0.3 is 36.4 Å². The molecule has 13 nitrogen and oxygen atoms in total. The number of aromatic hydroxyl groups is 1. The van der Waals surface area contributed by atoms with Crippen molar-refractivity contribution in [2.75, 3.05) is 31.7 Å². The first-order valence-corrected chi connectivity index (χ1v) is 15.8. The number of rotatable bonds is 18. The molecule has 0 spiro atoms. The standard InChI is InChI=1S/C31H41N5O8S/c1-4-44-31(43)24(14-15-45-3)36-30(42)26(16-21-8-6-5-7-9-21)35-28(40)19-32-27(39)18-33-29(41)25(34-20(2)37)17-22-10-12-23(38)13-11-22/h5-13,24-26,38H,4,14-19H2,1-3H3,(H,32,39)(H,33,41)(H,34,37)(H,35,40)(H,36,42)/t24-,25-,26-/m0/s1. The van der Waals surface area contributed by atoms with Gasteiger partial charge in [-0.3, -0.25) is 24.0 Å². The van der Waals surface area contributed by atoms with Crippen LogP contribution >= 0.6 is 11.8 Å². The molecule has 0 heterocycles. The predicted molar refractivity (Wildman–Crippen MR) is 169 cm³/mol. The van der Waals surface area contributed by atoms with E-state index in [4.69, 9.17) is 4.74 Å². The Hall–Kier alpha value is -4.59. The van der Waals surface area contributed by atoms with E-state index in [2.05, 4.69) is 26.6 Å². The number of ether oxygens (including phenoxy) is 1. The molecular formula is C31H41N5O8S. The van der Waals surface area contributed by atoms with Crippen LogP contribution in [0, 0.1) is 0 Å². The maximum atomic E-state index is 13.3. The SMILES string of the molecule is CCOC(=O)[C@H](CCSC)NC(=O)[C@H](Cc1ccccc1)NC(=O)CNC(=O)CNC(=O)[C@H](Cc1ccc(O)cc1)NC(C)=O. The second-order valence-corrected chi connectivity index (χ2v) is 11.0. The molecule has 0 saturated heterocycles. The van der Waals surface area contributed by atoms with E-state index in [0.717, 1.165) is 5.56 Å². The summed E-state index contributed by atoms with van der Waals surface area (Å²) in [4.78, 5) is 75.3. The number of nitrogens with one attached hydrogen (secondary N) is 5. The molecule has 0 aliphatic rings.